The molecule has 0 aliphatic rings. The van der Waals surface area contributed by atoms with Gasteiger partial charge in [0.05, 0.1) is 5.02 Å². The molecule has 0 aliphatic heterocycles. The molecule has 0 saturated heterocycles. The van der Waals surface area contributed by atoms with Crippen molar-refractivity contribution < 1.29 is 4.39 Å². The van der Waals surface area contributed by atoms with E-state index in [0.717, 1.165) is 4.47 Å². The van der Waals surface area contributed by atoms with E-state index in [9.17, 15) is 4.39 Å². The zero-order chi connectivity index (χ0) is 10.2. The fraction of sp³-hybridized carbons (Fsp3) is 0.400. The van der Waals surface area contributed by atoms with Crippen molar-refractivity contribution in [1.29, 1.82) is 0 Å². The molecule has 0 nitrogen and oxygen atoms in total. The molecular weight excluding hydrogens is 254 g/mol. The van der Waals surface area contributed by atoms with E-state index in [-0.39, 0.29) is 11.2 Å². The number of benzene rings is 1. The molecule has 0 fully saturated rings. The van der Waals surface area contributed by atoms with Gasteiger partial charge in [0.2, 0.25) is 0 Å². The molecule has 1 aromatic rings. The van der Waals surface area contributed by atoms with Crippen molar-refractivity contribution in [2.75, 3.05) is 0 Å². The van der Waals surface area contributed by atoms with Crippen LogP contribution in [-0.4, -0.2) is 0 Å². The van der Waals surface area contributed by atoms with Crippen molar-refractivity contribution in [3.05, 3.63) is 33.0 Å². The third kappa shape index (κ3) is 2.44. The van der Waals surface area contributed by atoms with E-state index in [1.807, 2.05) is 20.8 Å². The summed E-state index contributed by atoms with van der Waals surface area (Å²) in [5.74, 6) is -0.249. The molecule has 0 radical (unpaired) electrons. The summed E-state index contributed by atoms with van der Waals surface area (Å²) in [6.45, 7) is 5.89. The fourth-order valence-corrected chi connectivity index (χ4v) is 1.59. The zero-order valence-electron chi connectivity index (χ0n) is 7.79. The smallest absolute Gasteiger partial charge is 0.128 e. The summed E-state index contributed by atoms with van der Waals surface area (Å²) in [6, 6.07) is 3.07. The van der Waals surface area contributed by atoms with Gasteiger partial charge in [-0.1, -0.05) is 32.4 Å². The Bertz CT molecular complexity index is 328. The third-order valence-corrected chi connectivity index (χ3v) is 3.02. The first-order chi connectivity index (χ1) is 5.82. The Labute approximate surface area is 91.2 Å². The average molecular weight is 266 g/mol. The minimum absolute atomic E-state index is 0.197. The largest absolute Gasteiger partial charge is 0.207 e. The molecule has 0 saturated carbocycles. The second kappa shape index (κ2) is 3.58. The second-order valence-corrected chi connectivity index (χ2v) is 5.26. The van der Waals surface area contributed by atoms with Crippen molar-refractivity contribution in [1.82, 2.24) is 0 Å². The van der Waals surface area contributed by atoms with Gasteiger partial charge in [0.15, 0.2) is 0 Å². The summed E-state index contributed by atoms with van der Waals surface area (Å²) in [5.41, 5.74) is 0.473. The van der Waals surface area contributed by atoms with E-state index >= 15 is 0 Å². The molecule has 0 atom stereocenters. The zero-order valence-corrected chi connectivity index (χ0v) is 10.1. The minimum atomic E-state index is -0.249. The lowest BCUT2D eigenvalue weighted by Crippen LogP contribution is -2.13. The maximum atomic E-state index is 13.4. The Balaban J connectivity index is 3.32. The van der Waals surface area contributed by atoms with Crippen LogP contribution in [0.1, 0.15) is 26.3 Å². The van der Waals surface area contributed by atoms with Crippen LogP contribution in [0.4, 0.5) is 4.39 Å². The van der Waals surface area contributed by atoms with Gasteiger partial charge in [-0.2, -0.15) is 0 Å². The van der Waals surface area contributed by atoms with Gasteiger partial charge in [-0.3, -0.25) is 0 Å². The van der Waals surface area contributed by atoms with Crippen molar-refractivity contribution >= 4 is 27.5 Å². The van der Waals surface area contributed by atoms with Gasteiger partial charge >= 0.3 is 0 Å². The van der Waals surface area contributed by atoms with E-state index in [1.54, 1.807) is 6.07 Å². The van der Waals surface area contributed by atoms with Crippen LogP contribution in [-0.2, 0) is 5.41 Å². The summed E-state index contributed by atoms with van der Waals surface area (Å²) < 4.78 is 14.2. The molecule has 1 aromatic carbocycles. The third-order valence-electron chi connectivity index (χ3n) is 1.82. The highest BCUT2D eigenvalue weighted by atomic mass is 79.9. The summed E-state index contributed by atoms with van der Waals surface area (Å²) in [4.78, 5) is 0. The lowest BCUT2D eigenvalue weighted by atomic mass is 9.87. The van der Waals surface area contributed by atoms with Crippen LogP contribution in [0.5, 0.6) is 0 Å². The van der Waals surface area contributed by atoms with Gasteiger partial charge in [0.1, 0.15) is 5.82 Å². The van der Waals surface area contributed by atoms with Crippen LogP contribution in [0.25, 0.3) is 0 Å². The summed E-state index contributed by atoms with van der Waals surface area (Å²) in [7, 11) is 0. The predicted octanol–water partition coefficient (Wildman–Crippen LogP) is 4.54. The highest BCUT2D eigenvalue weighted by Crippen LogP contribution is 2.32. The van der Waals surface area contributed by atoms with Gasteiger partial charge in [0, 0.05) is 4.47 Å². The van der Waals surface area contributed by atoms with Gasteiger partial charge < -0.3 is 0 Å². The van der Waals surface area contributed by atoms with Gasteiger partial charge in [0.25, 0.3) is 0 Å². The lowest BCUT2D eigenvalue weighted by Gasteiger charge is -2.20. The first kappa shape index (κ1) is 11.0. The van der Waals surface area contributed by atoms with Gasteiger partial charge in [-0.05, 0) is 39.0 Å². The Morgan fingerprint density at radius 3 is 2.31 bits per heavy atom. The highest BCUT2D eigenvalue weighted by molar-refractivity contribution is 9.10. The molecular formula is C10H11BrClF. The SMILES string of the molecule is CC(C)(C)c1cc(Br)c(Cl)cc1F. The molecule has 0 spiro atoms. The highest BCUT2D eigenvalue weighted by Gasteiger charge is 2.19. The number of halogens is 3. The van der Waals surface area contributed by atoms with E-state index in [2.05, 4.69) is 15.9 Å². The monoisotopic (exact) mass is 264 g/mol. The molecule has 3 heteroatoms. The lowest BCUT2D eigenvalue weighted by molar-refractivity contribution is 0.522. The van der Waals surface area contributed by atoms with Crippen LogP contribution in [0.3, 0.4) is 0 Å². The maximum absolute atomic E-state index is 13.4. The average Bonchev–Trinajstić information content (AvgIpc) is 1.94. The topological polar surface area (TPSA) is 0 Å². The van der Waals surface area contributed by atoms with Crippen LogP contribution in [0, 0.1) is 5.82 Å². The molecule has 0 unspecified atom stereocenters. The summed E-state index contributed by atoms with van der Waals surface area (Å²) >= 11 is 9.02. The molecule has 0 aliphatic carbocycles. The molecule has 13 heavy (non-hydrogen) atoms. The Hall–Kier alpha value is -0.0800. The predicted molar refractivity (Wildman–Crippen MR) is 57.8 cm³/mol. The molecule has 0 heterocycles. The van der Waals surface area contributed by atoms with Crippen molar-refractivity contribution in [3.8, 4) is 0 Å². The van der Waals surface area contributed by atoms with Gasteiger partial charge in [-0.15, -0.1) is 0 Å². The Morgan fingerprint density at radius 1 is 1.31 bits per heavy atom. The summed E-state index contributed by atoms with van der Waals surface area (Å²) in [6.07, 6.45) is 0. The molecule has 0 N–H and O–H groups in total. The van der Waals surface area contributed by atoms with Crippen molar-refractivity contribution in [2.45, 2.75) is 26.2 Å². The number of hydrogen-bond acceptors (Lipinski definition) is 0. The number of hydrogen-bond donors (Lipinski definition) is 0. The van der Waals surface area contributed by atoms with Crippen LogP contribution >= 0.6 is 27.5 Å². The Morgan fingerprint density at radius 2 is 1.85 bits per heavy atom. The first-order valence-corrected chi connectivity index (χ1v) is 5.14. The number of rotatable bonds is 0. The molecule has 0 amide bonds. The fourth-order valence-electron chi connectivity index (χ4n) is 1.10. The molecule has 0 bridgehead atoms. The van der Waals surface area contributed by atoms with E-state index in [1.165, 1.54) is 6.07 Å². The van der Waals surface area contributed by atoms with E-state index in [0.29, 0.717) is 10.6 Å². The standard InChI is InChI=1S/C10H11BrClF/c1-10(2,3)6-4-7(11)8(12)5-9(6)13/h4-5H,1-3H3. The van der Waals surface area contributed by atoms with E-state index in [4.69, 9.17) is 11.6 Å². The molecule has 0 aromatic heterocycles. The van der Waals surface area contributed by atoms with Gasteiger partial charge in [-0.25, -0.2) is 4.39 Å². The quantitative estimate of drug-likeness (QED) is 0.604. The summed E-state index contributed by atoms with van der Waals surface area (Å²) in [5, 5.41) is 0.408. The Kier molecular flexibility index (Phi) is 3.03. The van der Waals surface area contributed by atoms with Crippen LogP contribution in [0.2, 0.25) is 5.02 Å². The van der Waals surface area contributed by atoms with Crippen LogP contribution in [0.15, 0.2) is 16.6 Å². The minimum Gasteiger partial charge on any atom is -0.207 e. The molecule has 72 valence electrons. The normalized spacial score (nSPS) is 11.8. The molecule has 1 rings (SSSR count). The first-order valence-electron chi connectivity index (χ1n) is 3.97. The maximum Gasteiger partial charge on any atom is 0.128 e. The van der Waals surface area contributed by atoms with E-state index < -0.39 is 0 Å². The van der Waals surface area contributed by atoms with Crippen molar-refractivity contribution in [3.63, 3.8) is 0 Å². The van der Waals surface area contributed by atoms with Crippen LogP contribution < -0.4 is 0 Å². The second-order valence-electron chi connectivity index (χ2n) is 4.00. The van der Waals surface area contributed by atoms with Crippen molar-refractivity contribution in [2.24, 2.45) is 0 Å².